The summed E-state index contributed by atoms with van der Waals surface area (Å²) >= 11 is 3.30. The predicted octanol–water partition coefficient (Wildman–Crippen LogP) is 3.48. The number of thiazole rings is 1. The van der Waals surface area contributed by atoms with E-state index in [1.54, 1.807) is 29.2 Å². The Balaban J connectivity index is 1.58. The van der Waals surface area contributed by atoms with Crippen LogP contribution in [0.25, 0.3) is 10.2 Å². The van der Waals surface area contributed by atoms with Crippen LogP contribution in [0.3, 0.4) is 0 Å². The number of nitrogens with zero attached hydrogens (tertiary/aromatic N) is 3. The highest BCUT2D eigenvalue weighted by atomic mass is 32.2. The van der Waals surface area contributed by atoms with Gasteiger partial charge in [-0.15, -0.1) is 11.3 Å². The minimum absolute atomic E-state index is 0.168. The summed E-state index contributed by atoms with van der Waals surface area (Å²) in [5.41, 5.74) is 0.873. The molecule has 0 unspecified atom stereocenters. The van der Waals surface area contributed by atoms with Crippen molar-refractivity contribution in [2.24, 2.45) is 0 Å². The molecule has 1 aliphatic rings. The van der Waals surface area contributed by atoms with E-state index in [0.29, 0.717) is 6.04 Å². The molecule has 6 heteroatoms. The van der Waals surface area contributed by atoms with Gasteiger partial charge in [-0.25, -0.2) is 4.98 Å². The van der Waals surface area contributed by atoms with E-state index in [-0.39, 0.29) is 5.56 Å². The molecule has 21 heavy (non-hydrogen) atoms. The molecule has 0 radical (unpaired) electrons. The number of hydrogen-bond acceptors (Lipinski definition) is 5. The molecular formula is C15H13N3OS2. The summed E-state index contributed by atoms with van der Waals surface area (Å²) in [5, 5.41) is 1.88. The van der Waals surface area contributed by atoms with Gasteiger partial charge in [0.25, 0.3) is 5.56 Å². The van der Waals surface area contributed by atoms with Crippen molar-refractivity contribution in [1.82, 2.24) is 14.5 Å². The van der Waals surface area contributed by atoms with Crippen molar-refractivity contribution in [3.63, 3.8) is 0 Å². The molecular weight excluding hydrogens is 302 g/mol. The van der Waals surface area contributed by atoms with Gasteiger partial charge in [0.2, 0.25) is 0 Å². The Morgan fingerprint density at radius 1 is 1.24 bits per heavy atom. The maximum absolute atomic E-state index is 11.5. The topological polar surface area (TPSA) is 47.8 Å². The van der Waals surface area contributed by atoms with Crippen LogP contribution < -0.4 is 5.56 Å². The molecule has 1 aliphatic carbocycles. The van der Waals surface area contributed by atoms with Crippen LogP contribution in [-0.2, 0) is 5.75 Å². The zero-order valence-electron chi connectivity index (χ0n) is 11.2. The van der Waals surface area contributed by atoms with Crippen molar-refractivity contribution < 1.29 is 0 Å². The Kier molecular flexibility index (Phi) is 3.27. The maximum atomic E-state index is 11.5. The van der Waals surface area contributed by atoms with E-state index in [2.05, 4.69) is 20.6 Å². The molecule has 0 saturated heterocycles. The van der Waals surface area contributed by atoms with Crippen LogP contribution in [0.1, 0.15) is 23.9 Å². The summed E-state index contributed by atoms with van der Waals surface area (Å²) in [6.07, 6.45) is 4.23. The monoisotopic (exact) mass is 315 g/mol. The van der Waals surface area contributed by atoms with Crippen molar-refractivity contribution >= 4 is 33.3 Å². The fourth-order valence-corrected chi connectivity index (χ4v) is 4.25. The standard InChI is InChI=1S/C15H13N3OS2/c19-13-7-8-18(10-5-6-10)15(17-13)20-9-14-16-11-3-1-2-4-12(11)21-14/h1-4,7-8,10H,5-6,9H2. The summed E-state index contributed by atoms with van der Waals surface area (Å²) in [6.45, 7) is 0. The molecule has 1 fully saturated rings. The van der Waals surface area contributed by atoms with E-state index in [1.807, 2.05) is 24.4 Å². The van der Waals surface area contributed by atoms with E-state index < -0.39 is 0 Å². The second-order valence-corrected chi connectivity index (χ2v) is 7.11. The number of thioether (sulfide) groups is 1. The summed E-state index contributed by atoms with van der Waals surface area (Å²) in [7, 11) is 0. The van der Waals surface area contributed by atoms with Crippen molar-refractivity contribution in [3.8, 4) is 0 Å². The molecule has 0 aliphatic heterocycles. The first-order chi connectivity index (χ1) is 10.3. The molecule has 2 aromatic heterocycles. The Bertz CT molecular complexity index is 818. The molecule has 0 atom stereocenters. The molecule has 0 N–H and O–H groups in total. The lowest BCUT2D eigenvalue weighted by Gasteiger charge is -2.09. The third-order valence-electron chi connectivity index (χ3n) is 3.41. The fraction of sp³-hybridized carbons (Fsp3) is 0.267. The highest BCUT2D eigenvalue weighted by Crippen LogP contribution is 2.37. The van der Waals surface area contributed by atoms with Crippen LogP contribution in [0.15, 0.2) is 46.5 Å². The Morgan fingerprint density at radius 3 is 2.90 bits per heavy atom. The van der Waals surface area contributed by atoms with Gasteiger partial charge in [0, 0.05) is 18.3 Å². The van der Waals surface area contributed by atoms with Crippen molar-refractivity contribution in [1.29, 1.82) is 0 Å². The van der Waals surface area contributed by atoms with E-state index in [4.69, 9.17) is 0 Å². The summed E-state index contributed by atoms with van der Waals surface area (Å²) < 4.78 is 3.33. The summed E-state index contributed by atoms with van der Waals surface area (Å²) in [5.74, 6) is 0.753. The first-order valence-corrected chi connectivity index (χ1v) is 8.66. The maximum Gasteiger partial charge on any atom is 0.273 e. The van der Waals surface area contributed by atoms with Crippen LogP contribution in [0.4, 0.5) is 0 Å². The van der Waals surface area contributed by atoms with Crippen molar-refractivity contribution in [2.45, 2.75) is 29.8 Å². The molecule has 0 spiro atoms. The number of benzene rings is 1. The molecule has 106 valence electrons. The molecule has 0 amide bonds. The Hall–Kier alpha value is -1.66. The van der Waals surface area contributed by atoms with Crippen molar-refractivity contribution in [2.75, 3.05) is 0 Å². The second-order valence-electron chi connectivity index (χ2n) is 5.05. The zero-order chi connectivity index (χ0) is 14.2. The average molecular weight is 315 g/mol. The second kappa shape index (κ2) is 5.27. The van der Waals surface area contributed by atoms with Gasteiger partial charge in [-0.1, -0.05) is 23.9 Å². The first-order valence-electron chi connectivity index (χ1n) is 6.86. The SMILES string of the molecule is O=c1ccn(C2CC2)c(SCc2nc3ccccc3s2)n1. The lowest BCUT2D eigenvalue weighted by molar-refractivity contribution is 0.624. The van der Waals surface area contributed by atoms with Gasteiger partial charge in [-0.2, -0.15) is 4.98 Å². The van der Waals surface area contributed by atoms with Gasteiger partial charge >= 0.3 is 0 Å². The predicted molar refractivity (Wildman–Crippen MR) is 85.9 cm³/mol. The molecule has 1 aromatic carbocycles. The van der Waals surface area contributed by atoms with Gasteiger partial charge in [-0.3, -0.25) is 4.79 Å². The molecule has 1 saturated carbocycles. The molecule has 4 rings (SSSR count). The minimum Gasteiger partial charge on any atom is -0.324 e. The van der Waals surface area contributed by atoms with E-state index in [0.717, 1.165) is 21.4 Å². The Morgan fingerprint density at radius 2 is 2.10 bits per heavy atom. The van der Waals surface area contributed by atoms with Crippen LogP contribution >= 0.6 is 23.1 Å². The van der Waals surface area contributed by atoms with E-state index in [1.165, 1.54) is 17.5 Å². The first kappa shape index (κ1) is 13.0. The van der Waals surface area contributed by atoms with Crippen LogP contribution in [0.5, 0.6) is 0 Å². The molecule has 0 bridgehead atoms. The van der Waals surface area contributed by atoms with Crippen LogP contribution in [-0.4, -0.2) is 14.5 Å². The van der Waals surface area contributed by atoms with Gasteiger partial charge < -0.3 is 4.57 Å². The fourth-order valence-electron chi connectivity index (χ4n) is 2.24. The quantitative estimate of drug-likeness (QED) is 0.546. The third kappa shape index (κ3) is 2.73. The number of rotatable bonds is 4. The molecule has 3 aromatic rings. The highest BCUT2D eigenvalue weighted by molar-refractivity contribution is 7.98. The third-order valence-corrected chi connectivity index (χ3v) is 5.60. The summed E-state index contributed by atoms with van der Waals surface area (Å²) in [6, 6.07) is 10.2. The van der Waals surface area contributed by atoms with Crippen LogP contribution in [0.2, 0.25) is 0 Å². The lowest BCUT2D eigenvalue weighted by atomic mass is 10.3. The van der Waals surface area contributed by atoms with Crippen molar-refractivity contribution in [3.05, 3.63) is 51.9 Å². The smallest absolute Gasteiger partial charge is 0.273 e. The number of aromatic nitrogens is 3. The average Bonchev–Trinajstić information content (AvgIpc) is 3.24. The normalized spacial score (nSPS) is 14.7. The summed E-state index contributed by atoms with van der Waals surface area (Å²) in [4.78, 5) is 20.3. The zero-order valence-corrected chi connectivity index (χ0v) is 12.9. The van der Waals surface area contributed by atoms with Gasteiger partial charge in [0.15, 0.2) is 5.16 Å². The molecule has 4 nitrogen and oxygen atoms in total. The van der Waals surface area contributed by atoms with Gasteiger partial charge in [-0.05, 0) is 25.0 Å². The number of fused-ring (bicyclic) bond motifs is 1. The number of para-hydroxylation sites is 1. The highest BCUT2D eigenvalue weighted by Gasteiger charge is 2.25. The molecule has 2 heterocycles. The minimum atomic E-state index is -0.168. The van der Waals surface area contributed by atoms with E-state index >= 15 is 0 Å². The van der Waals surface area contributed by atoms with Gasteiger partial charge in [0.05, 0.1) is 16.0 Å². The van der Waals surface area contributed by atoms with Crippen LogP contribution in [0, 0.1) is 0 Å². The van der Waals surface area contributed by atoms with E-state index in [9.17, 15) is 4.79 Å². The Labute approximate surface area is 129 Å². The largest absolute Gasteiger partial charge is 0.324 e. The lowest BCUT2D eigenvalue weighted by Crippen LogP contribution is -2.12. The van der Waals surface area contributed by atoms with Gasteiger partial charge in [0.1, 0.15) is 5.01 Å². The number of hydrogen-bond donors (Lipinski definition) is 0.